The van der Waals surface area contributed by atoms with Crippen molar-refractivity contribution in [3.05, 3.63) is 27.4 Å². The van der Waals surface area contributed by atoms with Crippen LogP contribution in [0, 0.1) is 0 Å². The van der Waals surface area contributed by atoms with Gasteiger partial charge in [0.25, 0.3) is 5.56 Å². The number of methoxy groups -OCH3 is 1. The molecule has 1 aromatic rings. The van der Waals surface area contributed by atoms with Crippen molar-refractivity contribution >= 4 is 27.8 Å². The normalized spacial score (nSPS) is 11.7. The molecule has 1 aromatic heterocycles. The number of rotatable bonds is 4. The highest BCUT2D eigenvalue weighted by Crippen LogP contribution is 2.00. The van der Waals surface area contributed by atoms with Crippen molar-refractivity contribution in [3.8, 4) is 0 Å². The number of ether oxygens (including phenoxy) is 1. The van der Waals surface area contributed by atoms with Crippen LogP contribution in [-0.2, 0) is 20.9 Å². The fraction of sp³-hybridized carbons (Fsp3) is 0.400. The van der Waals surface area contributed by atoms with Gasteiger partial charge in [0.15, 0.2) is 0 Å². The molecular weight excluding hydrogens is 306 g/mol. The highest BCUT2D eigenvalue weighted by atomic mass is 79.9. The Balaban J connectivity index is 2.96. The minimum Gasteiger partial charge on any atom is -0.467 e. The molecule has 0 saturated heterocycles. The molecule has 1 unspecified atom stereocenters. The fourth-order valence-corrected chi connectivity index (χ4v) is 1.66. The smallest absolute Gasteiger partial charge is 0.330 e. The Labute approximate surface area is 111 Å². The van der Waals surface area contributed by atoms with E-state index in [1.165, 1.54) is 31.1 Å². The lowest BCUT2D eigenvalue weighted by Crippen LogP contribution is -2.45. The molecule has 8 heteroatoms. The van der Waals surface area contributed by atoms with E-state index < -0.39 is 12.0 Å². The van der Waals surface area contributed by atoms with Gasteiger partial charge in [-0.25, -0.2) is 9.78 Å². The summed E-state index contributed by atoms with van der Waals surface area (Å²) < 4.78 is 6.04. The molecule has 0 aliphatic carbocycles. The summed E-state index contributed by atoms with van der Waals surface area (Å²) >= 11 is 3.04. The number of carbonyl (C=O) groups excluding carboxylic acids is 2. The third-order valence-electron chi connectivity index (χ3n) is 2.10. The van der Waals surface area contributed by atoms with Gasteiger partial charge >= 0.3 is 5.97 Å². The van der Waals surface area contributed by atoms with Crippen LogP contribution in [0.2, 0.25) is 0 Å². The van der Waals surface area contributed by atoms with E-state index in [1.54, 1.807) is 0 Å². The van der Waals surface area contributed by atoms with Crippen LogP contribution in [0.5, 0.6) is 0 Å². The highest BCUT2D eigenvalue weighted by molar-refractivity contribution is 9.10. The molecule has 0 aromatic carbocycles. The first kappa shape index (κ1) is 14.4. The molecule has 18 heavy (non-hydrogen) atoms. The van der Waals surface area contributed by atoms with Crippen molar-refractivity contribution < 1.29 is 14.3 Å². The van der Waals surface area contributed by atoms with Gasteiger partial charge in [-0.2, -0.15) is 0 Å². The fourth-order valence-electron chi connectivity index (χ4n) is 1.32. The lowest BCUT2D eigenvalue weighted by atomic mass is 10.3. The van der Waals surface area contributed by atoms with Gasteiger partial charge in [-0.15, -0.1) is 0 Å². The summed E-state index contributed by atoms with van der Waals surface area (Å²) in [5.74, 6) is -1.02. The Bertz CT molecular complexity index is 514. The molecule has 0 saturated carbocycles. The van der Waals surface area contributed by atoms with E-state index in [1.807, 2.05) is 0 Å². The van der Waals surface area contributed by atoms with E-state index in [4.69, 9.17) is 0 Å². The molecule has 0 fully saturated rings. The third-order valence-corrected chi connectivity index (χ3v) is 2.65. The van der Waals surface area contributed by atoms with Crippen LogP contribution in [0.15, 0.2) is 21.8 Å². The first-order valence-electron chi connectivity index (χ1n) is 5.00. The maximum atomic E-state index is 11.7. The molecule has 1 rings (SSSR count). The van der Waals surface area contributed by atoms with E-state index in [0.29, 0.717) is 0 Å². The van der Waals surface area contributed by atoms with E-state index >= 15 is 0 Å². The standard InChI is InChI=1S/C10H12BrN3O4/c1-6(15)13-8(10(17)18-2)4-14-5-12-3-7(11)9(14)16/h3,5,8H,4H2,1-2H3,(H,13,15). The summed E-state index contributed by atoms with van der Waals surface area (Å²) in [5, 5.41) is 2.41. The molecule has 7 nitrogen and oxygen atoms in total. The van der Waals surface area contributed by atoms with Crippen LogP contribution < -0.4 is 10.9 Å². The molecule has 0 bridgehead atoms. The van der Waals surface area contributed by atoms with Crippen molar-refractivity contribution in [2.24, 2.45) is 0 Å². The number of amides is 1. The largest absolute Gasteiger partial charge is 0.467 e. The molecule has 1 heterocycles. The Kier molecular flexibility index (Phi) is 5.02. The number of hydrogen-bond donors (Lipinski definition) is 1. The van der Waals surface area contributed by atoms with Crippen molar-refractivity contribution in [3.63, 3.8) is 0 Å². The van der Waals surface area contributed by atoms with Gasteiger partial charge in [-0.1, -0.05) is 0 Å². The zero-order valence-electron chi connectivity index (χ0n) is 9.84. The van der Waals surface area contributed by atoms with Gasteiger partial charge in [-0.05, 0) is 15.9 Å². The number of carbonyl (C=O) groups is 2. The highest BCUT2D eigenvalue weighted by Gasteiger charge is 2.21. The molecule has 0 aliphatic heterocycles. The number of aromatic nitrogens is 2. The number of esters is 1. The zero-order chi connectivity index (χ0) is 13.7. The molecule has 98 valence electrons. The van der Waals surface area contributed by atoms with Crippen molar-refractivity contribution in [1.82, 2.24) is 14.9 Å². The quantitative estimate of drug-likeness (QED) is 0.769. The minimum atomic E-state index is -0.929. The summed E-state index contributed by atoms with van der Waals surface area (Å²) in [6, 6.07) is -0.929. The van der Waals surface area contributed by atoms with Crippen LogP contribution in [0.3, 0.4) is 0 Å². The van der Waals surface area contributed by atoms with Crippen LogP contribution >= 0.6 is 15.9 Å². The van der Waals surface area contributed by atoms with Gasteiger partial charge in [0.1, 0.15) is 10.5 Å². The lowest BCUT2D eigenvalue weighted by molar-refractivity contribution is -0.145. The number of nitrogens with one attached hydrogen (secondary N) is 1. The Morgan fingerprint density at radius 2 is 2.28 bits per heavy atom. The van der Waals surface area contributed by atoms with Crippen molar-refractivity contribution in [2.75, 3.05) is 7.11 Å². The summed E-state index contributed by atoms with van der Waals surface area (Å²) in [5.41, 5.74) is -0.343. The first-order chi connectivity index (χ1) is 8.45. The molecule has 0 radical (unpaired) electrons. The number of nitrogens with zero attached hydrogens (tertiary/aromatic N) is 2. The van der Waals surface area contributed by atoms with Crippen LogP contribution in [0.1, 0.15) is 6.92 Å². The van der Waals surface area contributed by atoms with E-state index in [2.05, 4.69) is 31.0 Å². The number of halogens is 1. The Hall–Kier alpha value is -1.70. The average molecular weight is 318 g/mol. The van der Waals surface area contributed by atoms with Gasteiger partial charge in [0.2, 0.25) is 5.91 Å². The van der Waals surface area contributed by atoms with Crippen molar-refractivity contribution in [1.29, 1.82) is 0 Å². The zero-order valence-corrected chi connectivity index (χ0v) is 11.4. The second kappa shape index (κ2) is 6.29. The Morgan fingerprint density at radius 3 is 2.83 bits per heavy atom. The molecule has 0 spiro atoms. The molecular formula is C10H12BrN3O4. The molecule has 1 atom stereocenters. The van der Waals surface area contributed by atoms with E-state index in [9.17, 15) is 14.4 Å². The predicted molar refractivity (Wildman–Crippen MR) is 65.8 cm³/mol. The van der Waals surface area contributed by atoms with E-state index in [0.717, 1.165) is 0 Å². The predicted octanol–water partition coefficient (Wildman–Crippen LogP) is -0.317. The maximum Gasteiger partial charge on any atom is 0.330 e. The maximum absolute atomic E-state index is 11.7. The van der Waals surface area contributed by atoms with Crippen molar-refractivity contribution in [2.45, 2.75) is 19.5 Å². The second-order valence-electron chi connectivity index (χ2n) is 3.48. The topological polar surface area (TPSA) is 90.3 Å². The molecule has 1 amide bonds. The minimum absolute atomic E-state index is 0.0441. The Morgan fingerprint density at radius 1 is 1.61 bits per heavy atom. The van der Waals surface area contributed by atoms with Crippen LogP contribution in [0.4, 0.5) is 0 Å². The van der Waals surface area contributed by atoms with Gasteiger partial charge in [-0.3, -0.25) is 14.2 Å². The molecule has 0 aliphatic rings. The third kappa shape index (κ3) is 3.66. The summed E-state index contributed by atoms with van der Waals surface area (Å²) in [4.78, 5) is 38.0. The number of hydrogen-bond acceptors (Lipinski definition) is 5. The summed E-state index contributed by atoms with van der Waals surface area (Å²) in [7, 11) is 1.21. The monoisotopic (exact) mass is 317 g/mol. The van der Waals surface area contributed by atoms with Gasteiger partial charge in [0.05, 0.1) is 20.0 Å². The first-order valence-corrected chi connectivity index (χ1v) is 5.80. The van der Waals surface area contributed by atoms with Gasteiger partial charge < -0.3 is 10.1 Å². The van der Waals surface area contributed by atoms with Crippen LogP contribution in [-0.4, -0.2) is 34.6 Å². The molecule has 1 N–H and O–H groups in total. The summed E-state index contributed by atoms with van der Waals surface area (Å²) in [6.07, 6.45) is 2.63. The van der Waals surface area contributed by atoms with E-state index in [-0.39, 0.29) is 22.5 Å². The van der Waals surface area contributed by atoms with Crippen LogP contribution in [0.25, 0.3) is 0 Å². The lowest BCUT2D eigenvalue weighted by Gasteiger charge is -2.16. The SMILES string of the molecule is COC(=O)C(Cn1cncc(Br)c1=O)NC(C)=O. The van der Waals surface area contributed by atoms with Gasteiger partial charge in [0, 0.05) is 13.1 Å². The average Bonchev–Trinajstić information content (AvgIpc) is 2.32. The second-order valence-corrected chi connectivity index (χ2v) is 4.33. The summed E-state index contributed by atoms with van der Waals surface area (Å²) in [6.45, 7) is 1.23.